The van der Waals surface area contributed by atoms with E-state index in [2.05, 4.69) is 5.32 Å². The van der Waals surface area contributed by atoms with Crippen LogP contribution in [-0.4, -0.2) is 51.4 Å². The van der Waals surface area contributed by atoms with Crippen molar-refractivity contribution in [2.45, 2.75) is 44.7 Å². The fourth-order valence-corrected chi connectivity index (χ4v) is 6.51. The lowest BCUT2D eigenvalue weighted by molar-refractivity contribution is -0.140. The molecule has 2 amide bonds. The lowest BCUT2D eigenvalue weighted by Gasteiger charge is -2.34. The van der Waals surface area contributed by atoms with Crippen molar-refractivity contribution < 1.29 is 22.7 Å². The van der Waals surface area contributed by atoms with E-state index in [1.807, 2.05) is 51.1 Å². The minimum absolute atomic E-state index is 0.00780. The van der Waals surface area contributed by atoms with Crippen LogP contribution in [-0.2, 0) is 32.6 Å². The van der Waals surface area contributed by atoms with Gasteiger partial charge in [0.05, 0.1) is 17.7 Å². The number of methoxy groups -OCH3 is 1. The highest BCUT2D eigenvalue weighted by molar-refractivity contribution is 7.92. The van der Waals surface area contributed by atoms with Crippen LogP contribution in [0.2, 0.25) is 5.02 Å². The van der Waals surface area contributed by atoms with E-state index in [-0.39, 0.29) is 35.4 Å². The monoisotopic (exact) mass is 661 g/mol. The van der Waals surface area contributed by atoms with Gasteiger partial charge in [0.2, 0.25) is 11.8 Å². The second-order valence-corrected chi connectivity index (χ2v) is 13.7. The van der Waals surface area contributed by atoms with E-state index < -0.39 is 28.5 Å². The van der Waals surface area contributed by atoms with E-state index in [0.29, 0.717) is 22.9 Å². The minimum Gasteiger partial charge on any atom is -0.497 e. The van der Waals surface area contributed by atoms with Crippen LogP contribution < -0.4 is 14.4 Å². The summed E-state index contributed by atoms with van der Waals surface area (Å²) in [6.45, 7) is 5.69. The number of carbonyl (C=O) groups excluding carboxylic acids is 2. The number of hydrogen-bond donors (Lipinski definition) is 1. The molecule has 0 aliphatic carbocycles. The number of benzene rings is 4. The van der Waals surface area contributed by atoms with E-state index in [4.69, 9.17) is 16.3 Å². The summed E-state index contributed by atoms with van der Waals surface area (Å²) in [5.41, 5.74) is 2.65. The van der Waals surface area contributed by atoms with Crippen LogP contribution in [0, 0.1) is 12.8 Å². The van der Waals surface area contributed by atoms with Crippen molar-refractivity contribution in [1.82, 2.24) is 10.2 Å². The van der Waals surface area contributed by atoms with Crippen molar-refractivity contribution in [2.75, 3.05) is 24.5 Å². The van der Waals surface area contributed by atoms with E-state index >= 15 is 0 Å². The summed E-state index contributed by atoms with van der Waals surface area (Å²) >= 11 is 6.56. The molecule has 0 heterocycles. The van der Waals surface area contributed by atoms with E-state index in [0.717, 1.165) is 15.4 Å². The molecule has 0 saturated heterocycles. The fourth-order valence-electron chi connectivity index (χ4n) is 4.90. The zero-order valence-corrected chi connectivity index (χ0v) is 28.1. The number of nitrogens with zero attached hydrogens (tertiary/aromatic N) is 2. The molecule has 0 saturated carbocycles. The van der Waals surface area contributed by atoms with Crippen LogP contribution in [0.3, 0.4) is 0 Å². The quantitative estimate of drug-likeness (QED) is 0.172. The predicted octanol–water partition coefficient (Wildman–Crippen LogP) is 6.26. The Kier molecular flexibility index (Phi) is 11.8. The third kappa shape index (κ3) is 8.89. The molecule has 0 bridgehead atoms. The van der Waals surface area contributed by atoms with Gasteiger partial charge in [-0.3, -0.25) is 13.9 Å². The van der Waals surface area contributed by atoms with Crippen molar-refractivity contribution in [1.29, 1.82) is 0 Å². The van der Waals surface area contributed by atoms with Crippen LogP contribution in [0.5, 0.6) is 5.75 Å². The number of halogens is 1. The van der Waals surface area contributed by atoms with Gasteiger partial charge in [0.25, 0.3) is 10.0 Å². The van der Waals surface area contributed by atoms with Gasteiger partial charge in [-0.25, -0.2) is 8.42 Å². The smallest absolute Gasteiger partial charge is 0.264 e. The molecule has 10 heteroatoms. The molecule has 0 aromatic heterocycles. The van der Waals surface area contributed by atoms with Crippen molar-refractivity contribution in [3.63, 3.8) is 0 Å². The van der Waals surface area contributed by atoms with Gasteiger partial charge in [-0.2, -0.15) is 0 Å². The normalized spacial score (nSPS) is 12.0. The first kappa shape index (κ1) is 34.5. The molecule has 0 fully saturated rings. The van der Waals surface area contributed by atoms with Gasteiger partial charge in [-0.05, 0) is 66.4 Å². The van der Waals surface area contributed by atoms with Crippen LogP contribution in [0.4, 0.5) is 5.69 Å². The maximum absolute atomic E-state index is 14.5. The number of sulfonamides is 1. The number of rotatable bonds is 14. The number of hydrogen-bond acceptors (Lipinski definition) is 5. The van der Waals surface area contributed by atoms with Crippen molar-refractivity contribution in [2.24, 2.45) is 5.92 Å². The molecule has 46 heavy (non-hydrogen) atoms. The summed E-state index contributed by atoms with van der Waals surface area (Å²) in [7, 11) is -2.69. The average Bonchev–Trinajstić information content (AvgIpc) is 3.05. The molecule has 4 rings (SSSR count). The second-order valence-electron chi connectivity index (χ2n) is 11.5. The molecule has 8 nitrogen and oxygen atoms in total. The SMILES string of the molecule is COc1ccc(N(CC(=O)N(Cc2ccccc2Cl)[C@@H](Cc2ccccc2)C(=O)NCC(C)C)S(=O)(=O)c2ccc(C)cc2)cc1. The summed E-state index contributed by atoms with van der Waals surface area (Å²) in [6, 6.07) is 28.5. The number of ether oxygens (including phenoxy) is 1. The topological polar surface area (TPSA) is 96.0 Å². The summed E-state index contributed by atoms with van der Waals surface area (Å²) in [5, 5.41) is 3.42. The summed E-state index contributed by atoms with van der Waals surface area (Å²) in [5.74, 6) is -0.186. The van der Waals surface area contributed by atoms with Gasteiger partial charge in [0.1, 0.15) is 18.3 Å². The van der Waals surface area contributed by atoms with Gasteiger partial charge < -0.3 is 15.0 Å². The molecular formula is C36H40ClN3O5S. The molecule has 242 valence electrons. The van der Waals surface area contributed by atoms with E-state index in [1.54, 1.807) is 60.7 Å². The Labute approximate surface area is 277 Å². The second kappa shape index (κ2) is 15.8. The molecule has 4 aromatic rings. The summed E-state index contributed by atoms with van der Waals surface area (Å²) in [6.07, 6.45) is 0.216. The first-order valence-corrected chi connectivity index (χ1v) is 16.9. The van der Waals surface area contributed by atoms with Gasteiger partial charge in [-0.15, -0.1) is 0 Å². The molecule has 0 aliphatic rings. The first-order chi connectivity index (χ1) is 22.0. The maximum Gasteiger partial charge on any atom is 0.264 e. The van der Waals surface area contributed by atoms with Gasteiger partial charge in [0, 0.05) is 24.5 Å². The molecule has 0 spiro atoms. The predicted molar refractivity (Wildman–Crippen MR) is 182 cm³/mol. The zero-order chi connectivity index (χ0) is 33.3. The standard InChI is InChI=1S/C36H40ClN3O5S/c1-26(2)23-38-36(42)34(22-28-10-6-5-7-11-28)39(24-29-12-8-9-13-33(29)37)35(41)25-40(30-16-18-31(45-4)19-17-30)46(43,44)32-20-14-27(3)15-21-32/h5-21,26,34H,22-25H2,1-4H3,(H,38,42)/t34-/m0/s1. The molecule has 0 aliphatic heterocycles. The maximum atomic E-state index is 14.5. The number of carbonyl (C=O) groups is 2. The largest absolute Gasteiger partial charge is 0.497 e. The van der Waals surface area contributed by atoms with Gasteiger partial charge in [0.15, 0.2) is 0 Å². The molecule has 0 radical (unpaired) electrons. The van der Waals surface area contributed by atoms with Gasteiger partial charge in [-0.1, -0.05) is 91.7 Å². The highest BCUT2D eigenvalue weighted by atomic mass is 35.5. The van der Waals surface area contributed by atoms with Crippen LogP contribution in [0.1, 0.15) is 30.5 Å². The fraction of sp³-hybridized carbons (Fsp3) is 0.278. The third-order valence-electron chi connectivity index (χ3n) is 7.50. The molecule has 1 N–H and O–H groups in total. The Morgan fingerprint density at radius 3 is 2.11 bits per heavy atom. The molecule has 1 atom stereocenters. The van der Waals surface area contributed by atoms with Crippen LogP contribution >= 0.6 is 11.6 Å². The van der Waals surface area contributed by atoms with Crippen LogP contribution in [0.15, 0.2) is 108 Å². The summed E-state index contributed by atoms with van der Waals surface area (Å²) in [4.78, 5) is 29.9. The average molecular weight is 662 g/mol. The number of anilines is 1. The Bertz CT molecular complexity index is 1710. The highest BCUT2D eigenvalue weighted by Gasteiger charge is 2.35. The molecule has 4 aromatic carbocycles. The van der Waals surface area contributed by atoms with Gasteiger partial charge >= 0.3 is 0 Å². The van der Waals surface area contributed by atoms with E-state index in [9.17, 15) is 18.0 Å². The minimum atomic E-state index is -4.21. The zero-order valence-electron chi connectivity index (χ0n) is 26.5. The first-order valence-electron chi connectivity index (χ1n) is 15.1. The number of nitrogens with one attached hydrogen (secondary N) is 1. The Hall–Kier alpha value is -4.34. The Morgan fingerprint density at radius 1 is 0.870 bits per heavy atom. The van der Waals surface area contributed by atoms with Crippen molar-refractivity contribution in [3.8, 4) is 5.75 Å². The number of amides is 2. The summed E-state index contributed by atoms with van der Waals surface area (Å²) < 4.78 is 34.7. The molecular weight excluding hydrogens is 622 g/mol. The van der Waals surface area contributed by atoms with Crippen molar-refractivity contribution >= 4 is 39.1 Å². The molecule has 0 unspecified atom stereocenters. The third-order valence-corrected chi connectivity index (χ3v) is 9.66. The Balaban J connectivity index is 1.81. The number of aryl methyl sites for hydroxylation is 1. The Morgan fingerprint density at radius 2 is 1.50 bits per heavy atom. The highest BCUT2D eigenvalue weighted by Crippen LogP contribution is 2.28. The lowest BCUT2D eigenvalue weighted by Crippen LogP contribution is -2.53. The van der Waals surface area contributed by atoms with E-state index in [1.165, 1.54) is 24.1 Å². The van der Waals surface area contributed by atoms with Crippen molar-refractivity contribution in [3.05, 3.63) is 125 Å². The lowest BCUT2D eigenvalue weighted by atomic mass is 10.0. The van der Waals surface area contributed by atoms with Crippen LogP contribution in [0.25, 0.3) is 0 Å².